The van der Waals surface area contributed by atoms with Crippen molar-refractivity contribution in [2.24, 2.45) is 0 Å². The highest BCUT2D eigenvalue weighted by molar-refractivity contribution is 7.92. The van der Waals surface area contributed by atoms with Gasteiger partial charge in [0.05, 0.1) is 17.7 Å². The normalized spacial score (nSPS) is 12.7. The first-order chi connectivity index (χ1) is 18.6. The molecule has 8 nitrogen and oxygen atoms in total. The van der Waals surface area contributed by atoms with Crippen LogP contribution in [-0.2, 0) is 26.2 Å². The van der Waals surface area contributed by atoms with Gasteiger partial charge in [-0.2, -0.15) is 0 Å². The lowest BCUT2D eigenvalue weighted by Gasteiger charge is -2.32. The van der Waals surface area contributed by atoms with Crippen LogP contribution in [0.1, 0.15) is 32.8 Å². The molecule has 0 aromatic heterocycles. The monoisotopic (exact) mass is 571 g/mol. The fourth-order valence-corrected chi connectivity index (χ4v) is 5.39. The molecule has 0 aliphatic carbocycles. The second kappa shape index (κ2) is 13.5. The van der Waals surface area contributed by atoms with Crippen molar-refractivity contribution in [2.75, 3.05) is 18.0 Å². The zero-order chi connectivity index (χ0) is 28.6. The Morgan fingerprint density at radius 2 is 1.56 bits per heavy atom. The maximum absolute atomic E-state index is 13.9. The van der Waals surface area contributed by atoms with E-state index in [1.807, 2.05) is 13.8 Å². The van der Waals surface area contributed by atoms with E-state index in [1.54, 1.807) is 73.7 Å². The lowest BCUT2D eigenvalue weighted by molar-refractivity contribution is -0.139. The van der Waals surface area contributed by atoms with Crippen molar-refractivity contribution in [3.63, 3.8) is 0 Å². The third kappa shape index (κ3) is 7.74. The van der Waals surface area contributed by atoms with Gasteiger partial charge in [0, 0.05) is 17.6 Å². The standard InChI is InChI=1S/C29H34ClN3O5S/c1-5-21(2)31-29(35)22(3)32(19-23-11-13-24(30)14-12-23)28(34)20-33(25-15-17-26(38-4)18-16-25)39(36,37)27-9-7-6-8-10-27/h6-18,21-22H,5,19-20H2,1-4H3,(H,31,35)/t21-,22+/m0/s1. The number of rotatable bonds is 12. The van der Waals surface area contributed by atoms with Crippen LogP contribution in [0.5, 0.6) is 5.75 Å². The fraction of sp³-hybridized carbons (Fsp3) is 0.310. The lowest BCUT2D eigenvalue weighted by Crippen LogP contribution is -2.52. The Hall–Kier alpha value is -3.56. The van der Waals surface area contributed by atoms with Gasteiger partial charge in [-0.1, -0.05) is 48.9 Å². The van der Waals surface area contributed by atoms with Crippen LogP contribution >= 0.6 is 11.6 Å². The van der Waals surface area contributed by atoms with Gasteiger partial charge in [-0.05, 0) is 74.4 Å². The molecule has 208 valence electrons. The predicted octanol–water partition coefficient (Wildman–Crippen LogP) is 4.88. The van der Waals surface area contributed by atoms with Crippen LogP contribution in [0.25, 0.3) is 0 Å². The number of hydrogen-bond acceptors (Lipinski definition) is 5. The average Bonchev–Trinajstić information content (AvgIpc) is 2.95. The quantitative estimate of drug-likeness (QED) is 0.334. The summed E-state index contributed by atoms with van der Waals surface area (Å²) < 4.78 is 33.8. The van der Waals surface area contributed by atoms with E-state index in [0.717, 1.165) is 16.3 Å². The van der Waals surface area contributed by atoms with Crippen molar-refractivity contribution < 1.29 is 22.7 Å². The Morgan fingerprint density at radius 1 is 0.949 bits per heavy atom. The summed E-state index contributed by atoms with van der Waals surface area (Å²) in [5, 5.41) is 3.45. The van der Waals surface area contributed by atoms with Gasteiger partial charge >= 0.3 is 0 Å². The van der Waals surface area contributed by atoms with Crippen LogP contribution in [0, 0.1) is 0 Å². The second-order valence-electron chi connectivity index (χ2n) is 9.16. The maximum atomic E-state index is 13.9. The Kier molecular flexibility index (Phi) is 10.4. The molecule has 0 fully saturated rings. The zero-order valence-electron chi connectivity index (χ0n) is 22.5. The van der Waals surface area contributed by atoms with Gasteiger partial charge in [-0.15, -0.1) is 0 Å². The van der Waals surface area contributed by atoms with E-state index in [2.05, 4.69) is 5.32 Å². The third-order valence-electron chi connectivity index (χ3n) is 6.40. The molecular weight excluding hydrogens is 538 g/mol. The smallest absolute Gasteiger partial charge is 0.264 e. The minimum absolute atomic E-state index is 0.0421. The van der Waals surface area contributed by atoms with Crippen LogP contribution in [0.15, 0.2) is 83.8 Å². The van der Waals surface area contributed by atoms with E-state index < -0.39 is 28.5 Å². The molecule has 2 atom stereocenters. The van der Waals surface area contributed by atoms with Gasteiger partial charge in [0.1, 0.15) is 18.3 Å². The van der Waals surface area contributed by atoms with Gasteiger partial charge in [-0.3, -0.25) is 13.9 Å². The summed E-state index contributed by atoms with van der Waals surface area (Å²) >= 11 is 6.04. The molecule has 3 aromatic carbocycles. The van der Waals surface area contributed by atoms with Gasteiger partial charge < -0.3 is 15.0 Å². The SMILES string of the molecule is CC[C@H](C)NC(=O)[C@@H](C)N(Cc1ccc(Cl)cc1)C(=O)CN(c1ccc(OC)cc1)S(=O)(=O)c1ccccc1. The number of ether oxygens (including phenoxy) is 1. The predicted molar refractivity (Wildman–Crippen MR) is 153 cm³/mol. The highest BCUT2D eigenvalue weighted by atomic mass is 35.5. The van der Waals surface area contributed by atoms with Crippen molar-refractivity contribution in [1.82, 2.24) is 10.2 Å². The minimum atomic E-state index is -4.12. The Bertz CT molecular complexity index is 1350. The number of hydrogen-bond donors (Lipinski definition) is 1. The first kappa shape index (κ1) is 30.0. The van der Waals surface area contributed by atoms with Gasteiger partial charge in [0.15, 0.2) is 0 Å². The fourth-order valence-electron chi connectivity index (χ4n) is 3.83. The first-order valence-corrected chi connectivity index (χ1v) is 14.4. The molecule has 2 amide bonds. The number of carbonyl (C=O) groups excluding carboxylic acids is 2. The summed E-state index contributed by atoms with van der Waals surface area (Å²) in [4.78, 5) is 28.4. The number of amides is 2. The molecule has 0 saturated heterocycles. The van der Waals surface area contributed by atoms with Crippen molar-refractivity contribution in [3.05, 3.63) is 89.4 Å². The number of carbonyl (C=O) groups is 2. The highest BCUT2D eigenvalue weighted by Gasteiger charge is 2.32. The zero-order valence-corrected chi connectivity index (χ0v) is 24.1. The molecular formula is C29H34ClN3O5S. The summed E-state index contributed by atoms with van der Waals surface area (Å²) in [5.41, 5.74) is 1.04. The number of benzene rings is 3. The van der Waals surface area contributed by atoms with E-state index in [9.17, 15) is 18.0 Å². The molecule has 39 heavy (non-hydrogen) atoms. The molecule has 0 spiro atoms. The molecule has 0 heterocycles. The minimum Gasteiger partial charge on any atom is -0.497 e. The highest BCUT2D eigenvalue weighted by Crippen LogP contribution is 2.26. The molecule has 3 aromatic rings. The van der Waals surface area contributed by atoms with Crippen LogP contribution in [-0.4, -0.2) is 50.9 Å². The Labute approximate surface area is 235 Å². The van der Waals surface area contributed by atoms with Crippen molar-refractivity contribution in [3.8, 4) is 5.75 Å². The number of nitrogens with zero attached hydrogens (tertiary/aromatic N) is 2. The Morgan fingerprint density at radius 3 is 2.13 bits per heavy atom. The number of methoxy groups -OCH3 is 1. The molecule has 0 radical (unpaired) electrons. The largest absolute Gasteiger partial charge is 0.497 e. The second-order valence-corrected chi connectivity index (χ2v) is 11.5. The number of nitrogens with one attached hydrogen (secondary N) is 1. The summed E-state index contributed by atoms with van der Waals surface area (Å²) in [6.45, 7) is 5.04. The van der Waals surface area contributed by atoms with E-state index in [0.29, 0.717) is 10.8 Å². The van der Waals surface area contributed by atoms with Gasteiger partial charge in [0.2, 0.25) is 11.8 Å². The summed E-state index contributed by atoms with van der Waals surface area (Å²) in [5.74, 6) is -0.317. The molecule has 1 N–H and O–H groups in total. The number of halogens is 1. The molecule has 10 heteroatoms. The molecule has 0 aliphatic rings. The Balaban J connectivity index is 2.01. The maximum Gasteiger partial charge on any atom is 0.264 e. The van der Waals surface area contributed by atoms with Crippen LogP contribution in [0.2, 0.25) is 5.02 Å². The summed E-state index contributed by atoms with van der Waals surface area (Å²) in [7, 11) is -2.61. The molecule has 0 bridgehead atoms. The van der Waals surface area contributed by atoms with E-state index in [4.69, 9.17) is 16.3 Å². The van der Waals surface area contributed by atoms with Crippen molar-refractivity contribution in [2.45, 2.75) is 50.7 Å². The van der Waals surface area contributed by atoms with Crippen molar-refractivity contribution in [1.29, 1.82) is 0 Å². The van der Waals surface area contributed by atoms with Crippen LogP contribution < -0.4 is 14.4 Å². The topological polar surface area (TPSA) is 96.0 Å². The van der Waals surface area contributed by atoms with Crippen LogP contribution in [0.4, 0.5) is 5.69 Å². The lowest BCUT2D eigenvalue weighted by atomic mass is 10.1. The third-order valence-corrected chi connectivity index (χ3v) is 8.45. The molecule has 3 rings (SSSR count). The summed E-state index contributed by atoms with van der Waals surface area (Å²) in [6.07, 6.45) is 0.726. The average molecular weight is 572 g/mol. The van der Waals surface area contributed by atoms with Crippen LogP contribution in [0.3, 0.4) is 0 Å². The van der Waals surface area contributed by atoms with Crippen molar-refractivity contribution >= 4 is 39.1 Å². The molecule has 0 unspecified atom stereocenters. The van der Waals surface area contributed by atoms with Gasteiger partial charge in [0.25, 0.3) is 10.0 Å². The van der Waals surface area contributed by atoms with E-state index >= 15 is 0 Å². The summed E-state index contributed by atoms with van der Waals surface area (Å²) in [6, 6.07) is 20.3. The number of sulfonamides is 1. The molecule has 0 saturated carbocycles. The number of anilines is 1. The molecule has 0 aliphatic heterocycles. The first-order valence-electron chi connectivity index (χ1n) is 12.6. The van der Waals surface area contributed by atoms with E-state index in [1.165, 1.54) is 24.1 Å². The van der Waals surface area contributed by atoms with E-state index in [-0.39, 0.29) is 29.1 Å². The van der Waals surface area contributed by atoms with Gasteiger partial charge in [-0.25, -0.2) is 8.42 Å².